The van der Waals surface area contributed by atoms with Gasteiger partial charge in [-0.2, -0.15) is 0 Å². The van der Waals surface area contributed by atoms with Gasteiger partial charge in [-0.05, 0) is 62.3 Å². The van der Waals surface area contributed by atoms with Crippen molar-refractivity contribution < 1.29 is 28.6 Å². The Morgan fingerprint density at radius 1 is 1.18 bits per heavy atom. The van der Waals surface area contributed by atoms with Crippen molar-refractivity contribution in [3.05, 3.63) is 59.3 Å². The first kappa shape index (κ1) is 32.3. The third-order valence-electron chi connectivity index (χ3n) is 6.45. The predicted octanol–water partition coefficient (Wildman–Crippen LogP) is 4.24. The number of halogens is 2. The van der Waals surface area contributed by atoms with Crippen molar-refractivity contribution in [2.24, 2.45) is 0 Å². The Kier molecular flexibility index (Phi) is 14.6. The number of benzene rings is 1. The van der Waals surface area contributed by atoms with Gasteiger partial charge in [0.25, 0.3) is 0 Å². The molecule has 1 aliphatic rings. The van der Waals surface area contributed by atoms with Crippen LogP contribution >= 0.6 is 12.4 Å². The summed E-state index contributed by atoms with van der Waals surface area (Å²) in [6.07, 6.45) is 2.78. The maximum atomic E-state index is 14.4. The van der Waals surface area contributed by atoms with E-state index >= 15 is 0 Å². The van der Waals surface area contributed by atoms with Gasteiger partial charge in [-0.3, -0.25) is 0 Å². The highest BCUT2D eigenvalue weighted by Gasteiger charge is 2.23. The van der Waals surface area contributed by atoms with E-state index in [0.717, 1.165) is 55.7 Å². The van der Waals surface area contributed by atoms with Crippen LogP contribution in [0.5, 0.6) is 0 Å². The van der Waals surface area contributed by atoms with Gasteiger partial charge in [0.05, 0.1) is 6.61 Å². The number of nitrogens with zero attached hydrogens (tertiary/aromatic N) is 2. The van der Waals surface area contributed by atoms with E-state index in [1.165, 1.54) is 12.7 Å². The van der Waals surface area contributed by atoms with Gasteiger partial charge in [0.2, 0.25) is 0 Å². The van der Waals surface area contributed by atoms with Crippen molar-refractivity contribution in [2.75, 3.05) is 45.2 Å². The first-order valence-electron chi connectivity index (χ1n) is 13.2. The lowest BCUT2D eigenvalue weighted by Crippen LogP contribution is -2.44. The maximum absolute atomic E-state index is 14.4. The highest BCUT2D eigenvalue weighted by Crippen LogP contribution is 2.20. The number of carboxylic acid groups (broad SMARTS) is 1. The van der Waals surface area contributed by atoms with Crippen LogP contribution in [0.3, 0.4) is 0 Å². The van der Waals surface area contributed by atoms with Crippen LogP contribution in [0.1, 0.15) is 42.5 Å². The maximum Gasteiger partial charge on any atom is 0.408 e. The van der Waals surface area contributed by atoms with E-state index in [1.54, 1.807) is 0 Å². The summed E-state index contributed by atoms with van der Waals surface area (Å²) in [5, 5.41) is 15.4. The number of aromatic nitrogens is 1. The van der Waals surface area contributed by atoms with Crippen LogP contribution in [0.25, 0.3) is 0 Å². The van der Waals surface area contributed by atoms with Crippen LogP contribution in [-0.4, -0.2) is 79.2 Å². The number of rotatable bonds is 16. The van der Waals surface area contributed by atoms with Gasteiger partial charge in [0.1, 0.15) is 24.6 Å². The molecular weight excluding hydrogens is 527 g/mol. The number of methoxy groups -OCH3 is 1. The first-order valence-corrected chi connectivity index (χ1v) is 13.2. The van der Waals surface area contributed by atoms with Crippen LogP contribution in [0.15, 0.2) is 42.5 Å². The fraction of sp³-hybridized carbons (Fsp3) is 0.536. The highest BCUT2D eigenvalue weighted by molar-refractivity contribution is 5.85. The van der Waals surface area contributed by atoms with E-state index in [1.807, 2.05) is 35.2 Å². The summed E-state index contributed by atoms with van der Waals surface area (Å²) in [7, 11) is 1.45. The normalized spacial score (nSPS) is 13.9. The number of pyridine rings is 1. The predicted molar refractivity (Wildman–Crippen MR) is 150 cm³/mol. The zero-order valence-corrected chi connectivity index (χ0v) is 23.3. The molecular formula is C28H40ClFN4O5. The van der Waals surface area contributed by atoms with E-state index in [0.29, 0.717) is 13.1 Å². The minimum Gasteiger partial charge on any atom is -0.480 e. The van der Waals surface area contributed by atoms with E-state index in [9.17, 15) is 19.1 Å². The summed E-state index contributed by atoms with van der Waals surface area (Å²) in [6, 6.07) is 12.2. The third kappa shape index (κ3) is 11.8. The van der Waals surface area contributed by atoms with Crippen molar-refractivity contribution in [3.8, 4) is 0 Å². The van der Waals surface area contributed by atoms with Gasteiger partial charge >= 0.3 is 12.1 Å². The SMILES string of the molecule is COCC(F)CN(CCCCc1ccc2c(n1)NCCC2)CCC(NC(=O)OCc1ccccc1)C(=O)O.Cl. The molecule has 2 unspecified atom stereocenters. The molecule has 0 fully saturated rings. The molecule has 1 aliphatic heterocycles. The number of ether oxygens (including phenoxy) is 2. The molecule has 11 heteroatoms. The van der Waals surface area contributed by atoms with Crippen molar-refractivity contribution in [1.29, 1.82) is 0 Å². The molecule has 3 N–H and O–H groups in total. The largest absolute Gasteiger partial charge is 0.480 e. The van der Waals surface area contributed by atoms with Crippen molar-refractivity contribution in [2.45, 2.75) is 57.3 Å². The summed E-state index contributed by atoms with van der Waals surface area (Å²) in [6.45, 7) is 1.98. The number of hydrogen-bond donors (Lipinski definition) is 3. The quantitative estimate of drug-likeness (QED) is 0.259. The number of carboxylic acids is 1. The summed E-state index contributed by atoms with van der Waals surface area (Å²) in [4.78, 5) is 30.6. The van der Waals surface area contributed by atoms with Gasteiger partial charge in [-0.1, -0.05) is 36.4 Å². The zero-order valence-electron chi connectivity index (χ0n) is 22.4. The summed E-state index contributed by atoms with van der Waals surface area (Å²) < 4.78 is 24.4. The lowest BCUT2D eigenvalue weighted by atomic mass is 10.1. The second kappa shape index (κ2) is 17.6. The standard InChI is InChI=1S/C28H39FN4O5.ClH/c1-37-20-23(29)18-33(16-6-5-11-24-13-12-22-10-7-15-30-26(22)31-24)17-14-25(27(34)35)32-28(36)38-19-21-8-3-2-4-9-21;/h2-4,8-9,12-13,23,25H,5-7,10-11,14-20H2,1H3,(H,30,31)(H,32,36)(H,34,35);1H. The van der Waals surface area contributed by atoms with Gasteiger partial charge < -0.3 is 30.1 Å². The molecule has 3 rings (SSSR count). The Morgan fingerprint density at radius 3 is 2.72 bits per heavy atom. The molecule has 0 radical (unpaired) electrons. The third-order valence-corrected chi connectivity index (χ3v) is 6.45. The molecule has 2 heterocycles. The number of carbonyl (C=O) groups excluding carboxylic acids is 1. The second-order valence-electron chi connectivity index (χ2n) is 9.54. The monoisotopic (exact) mass is 566 g/mol. The van der Waals surface area contributed by atoms with Crippen LogP contribution < -0.4 is 10.6 Å². The highest BCUT2D eigenvalue weighted by atomic mass is 35.5. The number of fused-ring (bicyclic) bond motifs is 1. The van der Waals surface area contributed by atoms with Crippen LogP contribution in [0.4, 0.5) is 15.0 Å². The van der Waals surface area contributed by atoms with E-state index in [4.69, 9.17) is 14.5 Å². The molecule has 0 spiro atoms. The molecule has 1 aromatic heterocycles. The minimum absolute atomic E-state index is 0. The smallest absolute Gasteiger partial charge is 0.408 e. The van der Waals surface area contributed by atoms with Crippen LogP contribution in [0.2, 0.25) is 0 Å². The second-order valence-corrected chi connectivity index (χ2v) is 9.54. The molecule has 9 nitrogen and oxygen atoms in total. The number of alkyl carbamates (subject to hydrolysis) is 1. The number of alkyl halides is 1. The number of carbonyl (C=O) groups is 2. The number of hydrogen-bond acceptors (Lipinski definition) is 7. The average molecular weight is 567 g/mol. The molecule has 1 amide bonds. The summed E-state index contributed by atoms with van der Waals surface area (Å²) in [5.41, 5.74) is 3.08. The Bertz CT molecular complexity index is 1020. The van der Waals surface area contributed by atoms with Gasteiger partial charge in [-0.25, -0.2) is 19.0 Å². The number of unbranched alkanes of at least 4 members (excludes halogenated alkanes) is 1. The van der Waals surface area contributed by atoms with E-state index < -0.39 is 24.3 Å². The topological polar surface area (TPSA) is 113 Å². The van der Waals surface area contributed by atoms with E-state index in [-0.39, 0.29) is 38.6 Å². The van der Waals surface area contributed by atoms with E-state index in [2.05, 4.69) is 22.8 Å². The number of aliphatic carboxylic acids is 1. The number of nitrogens with one attached hydrogen (secondary N) is 2. The zero-order chi connectivity index (χ0) is 27.2. The Balaban J connectivity index is 0.00000533. The number of aryl methyl sites for hydroxylation is 2. The van der Waals surface area contributed by atoms with Gasteiger partial charge in [0.15, 0.2) is 0 Å². The first-order chi connectivity index (χ1) is 18.4. The molecule has 2 atom stereocenters. The molecule has 39 heavy (non-hydrogen) atoms. The molecule has 0 aliphatic carbocycles. The van der Waals surface area contributed by atoms with Crippen molar-refractivity contribution in [3.63, 3.8) is 0 Å². The lowest BCUT2D eigenvalue weighted by molar-refractivity contribution is -0.139. The Hall–Kier alpha value is -2.95. The Morgan fingerprint density at radius 2 is 1.97 bits per heavy atom. The Labute approximate surface area is 235 Å². The molecule has 0 saturated carbocycles. The minimum atomic E-state index is -1.19. The summed E-state index contributed by atoms with van der Waals surface area (Å²) in [5.74, 6) is -0.188. The fourth-order valence-electron chi connectivity index (χ4n) is 4.43. The average Bonchev–Trinajstić information content (AvgIpc) is 2.92. The van der Waals surface area contributed by atoms with Crippen molar-refractivity contribution in [1.82, 2.24) is 15.2 Å². The molecule has 216 valence electrons. The van der Waals surface area contributed by atoms with Crippen LogP contribution in [0, 0.1) is 0 Å². The molecule has 0 bridgehead atoms. The van der Waals surface area contributed by atoms with Crippen molar-refractivity contribution >= 4 is 30.3 Å². The van der Waals surface area contributed by atoms with Gasteiger partial charge in [-0.15, -0.1) is 12.4 Å². The van der Waals surface area contributed by atoms with Gasteiger partial charge in [0, 0.05) is 32.4 Å². The van der Waals surface area contributed by atoms with Crippen LogP contribution in [-0.2, 0) is 33.7 Å². The molecule has 0 saturated heterocycles. The molecule has 2 aromatic rings. The lowest BCUT2D eigenvalue weighted by Gasteiger charge is -2.25. The molecule has 1 aromatic carbocycles. The number of amides is 1. The summed E-state index contributed by atoms with van der Waals surface area (Å²) >= 11 is 0. The fourth-order valence-corrected chi connectivity index (χ4v) is 4.43. The number of anilines is 1.